The zero-order chi connectivity index (χ0) is 10.0. The largest absolute Gasteiger partial charge is 0.352 e. The summed E-state index contributed by atoms with van der Waals surface area (Å²) in [6.07, 6.45) is 10.5. The lowest BCUT2D eigenvalue weighted by atomic mass is 9.71. The maximum absolute atomic E-state index is 10.7. The van der Waals surface area contributed by atoms with Crippen molar-refractivity contribution < 1.29 is 4.79 Å². The third-order valence-corrected chi connectivity index (χ3v) is 4.06. The number of primary amides is 1. The second kappa shape index (κ2) is 3.79. The van der Waals surface area contributed by atoms with Crippen LogP contribution in [0.3, 0.4) is 0 Å². The van der Waals surface area contributed by atoms with Crippen LogP contribution >= 0.6 is 0 Å². The van der Waals surface area contributed by atoms with Gasteiger partial charge in [-0.15, -0.1) is 0 Å². The highest BCUT2D eigenvalue weighted by molar-refractivity contribution is 5.71. The van der Waals surface area contributed by atoms with Crippen LogP contribution in [0.25, 0.3) is 0 Å². The molecule has 3 N–H and O–H groups in total. The summed E-state index contributed by atoms with van der Waals surface area (Å²) in [6.45, 7) is 0. The normalized spacial score (nSPS) is 26.6. The molecule has 0 bridgehead atoms. The van der Waals surface area contributed by atoms with Crippen LogP contribution in [0.5, 0.6) is 0 Å². The van der Waals surface area contributed by atoms with Gasteiger partial charge in [0.05, 0.1) is 0 Å². The van der Waals surface area contributed by atoms with Gasteiger partial charge in [0.1, 0.15) is 0 Å². The Kier molecular flexibility index (Phi) is 2.66. The molecule has 0 aromatic rings. The second-order valence-electron chi connectivity index (χ2n) is 4.99. The van der Waals surface area contributed by atoms with E-state index in [1.807, 2.05) is 0 Å². The Bertz CT molecular complexity index is 211. The predicted molar refractivity (Wildman–Crippen MR) is 55.9 cm³/mol. The number of nitrogens with one attached hydrogen (secondary N) is 1. The summed E-state index contributed by atoms with van der Waals surface area (Å²) in [6, 6.07) is -0.0175. The van der Waals surface area contributed by atoms with E-state index >= 15 is 0 Å². The molecule has 0 radical (unpaired) electrons. The fourth-order valence-electron chi connectivity index (χ4n) is 3.20. The van der Waals surface area contributed by atoms with Crippen LogP contribution in [0.1, 0.15) is 51.4 Å². The summed E-state index contributed by atoms with van der Waals surface area (Å²) >= 11 is 0. The van der Waals surface area contributed by atoms with Gasteiger partial charge >= 0.3 is 6.03 Å². The van der Waals surface area contributed by atoms with Crippen molar-refractivity contribution in [2.24, 2.45) is 11.1 Å². The first-order valence-electron chi connectivity index (χ1n) is 5.76. The molecule has 0 heterocycles. The fraction of sp³-hybridized carbons (Fsp3) is 0.909. The van der Waals surface area contributed by atoms with Gasteiger partial charge in [0, 0.05) is 6.04 Å². The third-order valence-electron chi connectivity index (χ3n) is 4.06. The van der Waals surface area contributed by atoms with E-state index < -0.39 is 0 Å². The average Bonchev–Trinajstić information content (AvgIpc) is 2.58. The van der Waals surface area contributed by atoms with Gasteiger partial charge in [-0.1, -0.05) is 12.8 Å². The summed E-state index contributed by atoms with van der Waals surface area (Å²) in [4.78, 5) is 10.7. The van der Waals surface area contributed by atoms with E-state index in [0.29, 0.717) is 11.5 Å². The van der Waals surface area contributed by atoms with Crippen LogP contribution in [-0.2, 0) is 0 Å². The van der Waals surface area contributed by atoms with Gasteiger partial charge in [-0.2, -0.15) is 0 Å². The highest BCUT2D eigenvalue weighted by atomic mass is 16.2. The lowest BCUT2D eigenvalue weighted by Gasteiger charge is -2.37. The molecule has 2 rings (SSSR count). The van der Waals surface area contributed by atoms with Crippen LogP contribution in [0.15, 0.2) is 0 Å². The molecule has 1 spiro atoms. The Morgan fingerprint density at radius 2 is 1.71 bits per heavy atom. The SMILES string of the molecule is NC(=O)NC1CCC2(CCCC2)CC1. The highest BCUT2D eigenvalue weighted by Crippen LogP contribution is 2.48. The summed E-state index contributed by atoms with van der Waals surface area (Å²) < 4.78 is 0. The maximum Gasteiger partial charge on any atom is 0.312 e. The predicted octanol–water partition coefficient (Wildman–Crippen LogP) is 2.16. The number of carbonyl (C=O) groups is 1. The lowest BCUT2D eigenvalue weighted by molar-refractivity contribution is 0.169. The van der Waals surface area contributed by atoms with Gasteiger partial charge in [0.25, 0.3) is 0 Å². The van der Waals surface area contributed by atoms with Crippen molar-refractivity contribution >= 4 is 6.03 Å². The summed E-state index contributed by atoms with van der Waals surface area (Å²) in [7, 11) is 0. The van der Waals surface area contributed by atoms with Gasteiger partial charge in [-0.3, -0.25) is 0 Å². The van der Waals surface area contributed by atoms with Crippen LogP contribution in [0.4, 0.5) is 4.79 Å². The number of rotatable bonds is 1. The quantitative estimate of drug-likeness (QED) is 0.663. The average molecular weight is 196 g/mol. The molecular formula is C11H20N2O. The number of carbonyl (C=O) groups excluding carboxylic acids is 1. The van der Waals surface area contributed by atoms with Crippen molar-refractivity contribution in [3.05, 3.63) is 0 Å². The Balaban J connectivity index is 1.82. The molecule has 2 aliphatic rings. The zero-order valence-corrected chi connectivity index (χ0v) is 8.72. The zero-order valence-electron chi connectivity index (χ0n) is 8.72. The van der Waals surface area contributed by atoms with Crippen molar-refractivity contribution in [2.75, 3.05) is 0 Å². The smallest absolute Gasteiger partial charge is 0.312 e. The van der Waals surface area contributed by atoms with E-state index in [4.69, 9.17) is 5.73 Å². The first kappa shape index (κ1) is 9.81. The molecule has 0 aliphatic heterocycles. The lowest BCUT2D eigenvalue weighted by Crippen LogP contribution is -2.42. The molecule has 0 saturated heterocycles. The molecule has 2 fully saturated rings. The molecule has 2 saturated carbocycles. The van der Waals surface area contributed by atoms with Crippen LogP contribution in [0.2, 0.25) is 0 Å². The van der Waals surface area contributed by atoms with E-state index in [1.165, 1.54) is 38.5 Å². The molecule has 0 aromatic heterocycles. The van der Waals surface area contributed by atoms with E-state index in [2.05, 4.69) is 5.32 Å². The van der Waals surface area contributed by atoms with Crippen molar-refractivity contribution in [1.82, 2.24) is 5.32 Å². The first-order chi connectivity index (χ1) is 6.70. The highest BCUT2D eigenvalue weighted by Gasteiger charge is 2.37. The van der Waals surface area contributed by atoms with Crippen molar-refractivity contribution in [1.29, 1.82) is 0 Å². The monoisotopic (exact) mass is 196 g/mol. The molecule has 14 heavy (non-hydrogen) atoms. The van der Waals surface area contributed by atoms with Gasteiger partial charge in [-0.05, 0) is 43.9 Å². The molecule has 80 valence electrons. The van der Waals surface area contributed by atoms with E-state index in [0.717, 1.165) is 12.8 Å². The van der Waals surface area contributed by atoms with Crippen LogP contribution in [0, 0.1) is 5.41 Å². The number of hydrogen-bond donors (Lipinski definition) is 2. The topological polar surface area (TPSA) is 55.1 Å². The molecular weight excluding hydrogens is 176 g/mol. The second-order valence-corrected chi connectivity index (χ2v) is 4.99. The molecule has 0 unspecified atom stereocenters. The molecule has 3 nitrogen and oxygen atoms in total. The Morgan fingerprint density at radius 1 is 1.14 bits per heavy atom. The van der Waals surface area contributed by atoms with Crippen molar-refractivity contribution in [2.45, 2.75) is 57.4 Å². The van der Waals surface area contributed by atoms with Gasteiger partial charge in [0.2, 0.25) is 0 Å². The summed E-state index contributed by atoms with van der Waals surface area (Å²) in [5.41, 5.74) is 5.77. The molecule has 2 amide bonds. The summed E-state index contributed by atoms with van der Waals surface area (Å²) in [5.74, 6) is 0. The van der Waals surface area contributed by atoms with Crippen LogP contribution in [-0.4, -0.2) is 12.1 Å². The van der Waals surface area contributed by atoms with E-state index in [9.17, 15) is 4.79 Å². The molecule has 0 atom stereocenters. The number of nitrogens with two attached hydrogens (primary N) is 1. The minimum atomic E-state index is -0.364. The van der Waals surface area contributed by atoms with Gasteiger partial charge in [-0.25, -0.2) is 4.79 Å². The van der Waals surface area contributed by atoms with Gasteiger partial charge < -0.3 is 11.1 Å². The van der Waals surface area contributed by atoms with Crippen molar-refractivity contribution in [3.8, 4) is 0 Å². The molecule has 3 heteroatoms. The Hall–Kier alpha value is -0.730. The number of urea groups is 1. The Labute approximate surface area is 85.4 Å². The van der Waals surface area contributed by atoms with Crippen molar-refractivity contribution in [3.63, 3.8) is 0 Å². The minimum absolute atomic E-state index is 0.346. The minimum Gasteiger partial charge on any atom is -0.352 e. The first-order valence-corrected chi connectivity index (χ1v) is 5.76. The fourth-order valence-corrected chi connectivity index (χ4v) is 3.20. The standard InChI is InChI=1S/C11H20N2O/c12-10(14)13-9-3-7-11(8-4-9)5-1-2-6-11/h9H,1-8H2,(H3,12,13,14). The van der Waals surface area contributed by atoms with E-state index in [-0.39, 0.29) is 6.03 Å². The number of amides is 2. The Morgan fingerprint density at radius 3 is 2.21 bits per heavy atom. The van der Waals surface area contributed by atoms with Gasteiger partial charge in [0.15, 0.2) is 0 Å². The molecule has 0 aromatic carbocycles. The summed E-state index contributed by atoms with van der Waals surface area (Å²) in [5, 5.41) is 2.83. The van der Waals surface area contributed by atoms with Crippen LogP contribution < -0.4 is 11.1 Å². The maximum atomic E-state index is 10.7. The van der Waals surface area contributed by atoms with E-state index in [1.54, 1.807) is 0 Å². The third kappa shape index (κ3) is 2.02. The molecule has 2 aliphatic carbocycles. The number of hydrogen-bond acceptors (Lipinski definition) is 1.